The number of carbonyl (C=O) groups is 1. The van der Waals surface area contributed by atoms with Gasteiger partial charge in [0.15, 0.2) is 13.0 Å². The lowest BCUT2D eigenvalue weighted by Crippen LogP contribution is -2.37. The second-order valence-corrected chi connectivity index (χ2v) is 9.84. The number of aromatic nitrogens is 3. The van der Waals surface area contributed by atoms with Gasteiger partial charge in [0.1, 0.15) is 9.71 Å². The number of anilines is 1. The van der Waals surface area contributed by atoms with Gasteiger partial charge in [-0.2, -0.15) is 13.2 Å². The highest BCUT2D eigenvalue weighted by atomic mass is 32.1. The number of rotatable bonds is 4. The first kappa shape index (κ1) is 24.6. The molecule has 0 amide bonds. The first-order valence-corrected chi connectivity index (χ1v) is 12.4. The minimum atomic E-state index is -4.49. The zero-order valence-corrected chi connectivity index (χ0v) is 20.9. The molecule has 7 nitrogen and oxygen atoms in total. The lowest BCUT2D eigenvalue weighted by Gasteiger charge is -2.12. The number of pyridine rings is 1. The Morgan fingerprint density at radius 2 is 1.74 bits per heavy atom. The summed E-state index contributed by atoms with van der Waals surface area (Å²) >= 11 is 0.991. The summed E-state index contributed by atoms with van der Waals surface area (Å²) in [5.74, 6) is -1.60. The van der Waals surface area contributed by atoms with Crippen LogP contribution in [0.25, 0.3) is 43.4 Å². The Morgan fingerprint density at radius 3 is 2.44 bits per heavy atom. The molecule has 3 aromatic carbocycles. The number of nitrogens with zero attached hydrogens (tertiary/aromatic N) is 3. The Labute approximate surface area is 222 Å². The van der Waals surface area contributed by atoms with Crippen LogP contribution < -0.4 is 15.5 Å². The Bertz CT molecular complexity index is 1890. The number of benzene rings is 3. The highest BCUT2D eigenvalue weighted by Gasteiger charge is 2.32. The van der Waals surface area contributed by atoms with Gasteiger partial charge in [-0.3, -0.25) is 4.79 Å². The maximum atomic E-state index is 13.3. The lowest BCUT2D eigenvalue weighted by molar-refractivity contribution is -0.741. The van der Waals surface area contributed by atoms with Crippen LogP contribution in [0.4, 0.5) is 18.9 Å². The Morgan fingerprint density at radius 1 is 1.03 bits per heavy atom. The third kappa shape index (κ3) is 4.07. The number of nitrogen functional groups attached to an aromatic ring is 1. The van der Waals surface area contributed by atoms with Gasteiger partial charge < -0.3 is 15.4 Å². The van der Waals surface area contributed by atoms with Crippen LogP contribution in [-0.2, 0) is 13.2 Å². The van der Waals surface area contributed by atoms with E-state index in [2.05, 4.69) is 9.79 Å². The molecule has 3 aromatic heterocycles. The Balaban J connectivity index is 1.62. The monoisotopic (exact) mass is 546 g/mol. The van der Waals surface area contributed by atoms with Crippen molar-refractivity contribution in [3.63, 3.8) is 0 Å². The van der Waals surface area contributed by atoms with Gasteiger partial charge in [-0.05, 0) is 40.1 Å². The van der Waals surface area contributed by atoms with Crippen LogP contribution in [0.5, 0.6) is 5.95 Å². The van der Waals surface area contributed by atoms with Gasteiger partial charge in [-0.25, -0.2) is 4.98 Å². The summed E-state index contributed by atoms with van der Waals surface area (Å²) in [6.45, 7) is 0. The zero-order valence-electron chi connectivity index (χ0n) is 20.1. The average Bonchev–Trinajstić information content (AvgIpc) is 3.45. The van der Waals surface area contributed by atoms with E-state index in [1.165, 1.54) is 19.2 Å². The van der Waals surface area contributed by atoms with Crippen molar-refractivity contribution in [2.24, 2.45) is 7.05 Å². The fourth-order valence-electron chi connectivity index (χ4n) is 4.60. The number of nitrogens with two attached hydrogens (primary N) is 1. The molecule has 11 heteroatoms. The number of aryl methyl sites for hydroxylation is 1. The molecule has 6 aromatic rings. The van der Waals surface area contributed by atoms with Crippen LogP contribution in [0.15, 0.2) is 77.3 Å². The maximum Gasteiger partial charge on any atom is 0.416 e. The van der Waals surface area contributed by atoms with Gasteiger partial charge in [0.25, 0.3) is 5.78 Å². The second-order valence-electron chi connectivity index (χ2n) is 8.84. The first-order valence-electron chi connectivity index (χ1n) is 11.6. The fraction of sp³-hybridized carbons (Fsp3) is 0.0714. The number of halogens is 3. The quantitative estimate of drug-likeness (QED) is 0.231. The van der Waals surface area contributed by atoms with Crippen molar-refractivity contribution in [3.8, 4) is 28.3 Å². The predicted octanol–water partition coefficient (Wildman–Crippen LogP) is 5.50. The van der Waals surface area contributed by atoms with Crippen LogP contribution in [0.1, 0.15) is 20.9 Å². The van der Waals surface area contributed by atoms with E-state index < -0.39 is 23.5 Å². The topological polar surface area (TPSA) is 109 Å². The van der Waals surface area contributed by atoms with E-state index in [4.69, 9.17) is 10.7 Å². The molecule has 39 heavy (non-hydrogen) atoms. The molecule has 0 aliphatic rings. The van der Waals surface area contributed by atoms with E-state index in [0.717, 1.165) is 44.5 Å². The van der Waals surface area contributed by atoms with E-state index in [-0.39, 0.29) is 16.3 Å². The molecule has 0 bridgehead atoms. The molecule has 0 saturated heterocycles. The summed E-state index contributed by atoms with van der Waals surface area (Å²) in [7, 11) is 1.39. The number of thiophene rings is 1. The van der Waals surface area contributed by atoms with E-state index in [1.54, 1.807) is 6.07 Å². The summed E-state index contributed by atoms with van der Waals surface area (Å²) in [4.78, 5) is 18.6. The molecule has 0 saturated carbocycles. The van der Waals surface area contributed by atoms with E-state index in [9.17, 15) is 23.1 Å². The molecular weight excluding hydrogens is 529 g/mol. The van der Waals surface area contributed by atoms with Crippen LogP contribution in [0.2, 0.25) is 0 Å². The third-order valence-corrected chi connectivity index (χ3v) is 7.57. The van der Waals surface area contributed by atoms with E-state index in [1.807, 2.05) is 42.5 Å². The van der Waals surface area contributed by atoms with Crippen LogP contribution in [0, 0.1) is 0 Å². The Kier molecular flexibility index (Phi) is 5.61. The molecule has 0 unspecified atom stereocenters. The number of fused-ring (bicyclic) bond motifs is 2. The molecule has 0 aliphatic heterocycles. The average molecular weight is 547 g/mol. The summed E-state index contributed by atoms with van der Waals surface area (Å²) in [5, 5.41) is 17.9. The van der Waals surface area contributed by atoms with Crippen LogP contribution in [0.3, 0.4) is 0 Å². The smallest absolute Gasteiger partial charge is 0.416 e. The van der Waals surface area contributed by atoms with Crippen molar-refractivity contribution in [2.45, 2.75) is 6.18 Å². The lowest BCUT2D eigenvalue weighted by atomic mass is 9.96. The third-order valence-electron chi connectivity index (χ3n) is 6.47. The number of carbonyl (C=O) groups excluding carboxylic acids is 1. The van der Waals surface area contributed by atoms with Gasteiger partial charge in [0.05, 0.1) is 22.2 Å². The van der Waals surface area contributed by atoms with Crippen LogP contribution in [-0.4, -0.2) is 16.0 Å². The van der Waals surface area contributed by atoms with Gasteiger partial charge >= 0.3 is 11.9 Å². The first-order chi connectivity index (χ1) is 18.6. The van der Waals surface area contributed by atoms with Crippen molar-refractivity contribution in [3.05, 3.63) is 88.9 Å². The molecule has 2 N–H and O–H groups in total. The molecule has 0 radical (unpaired) electrons. The number of hydrogen-bond donors (Lipinski definition) is 1. The predicted molar refractivity (Wildman–Crippen MR) is 138 cm³/mol. The molecular formula is C28H17F3N4O3S. The van der Waals surface area contributed by atoms with Gasteiger partial charge in [-0.1, -0.05) is 59.3 Å². The molecule has 194 valence electrons. The minimum absolute atomic E-state index is 0.0524. The molecule has 0 spiro atoms. The van der Waals surface area contributed by atoms with E-state index >= 15 is 0 Å². The number of hydrogen-bond acceptors (Lipinski definition) is 7. The minimum Gasteiger partial charge on any atom is -0.539 e. The van der Waals surface area contributed by atoms with Gasteiger partial charge in [0.2, 0.25) is 0 Å². The summed E-state index contributed by atoms with van der Waals surface area (Å²) in [6.07, 6.45) is -4.49. The molecule has 6 rings (SSSR count). The summed E-state index contributed by atoms with van der Waals surface area (Å²) < 4.78 is 45.4. The SMILES string of the molecule is C[n+]1noc([O-])c1C(=O)c1sc2nc(-c3cccc4ccccc34)cc(-c3ccc(C(F)(F)F)cc3)c2c1N. The van der Waals surface area contributed by atoms with Crippen molar-refractivity contribution in [1.82, 2.24) is 10.3 Å². The molecule has 0 fully saturated rings. The number of alkyl halides is 3. The van der Waals surface area contributed by atoms with Crippen molar-refractivity contribution >= 4 is 43.8 Å². The number of ketones is 1. The van der Waals surface area contributed by atoms with Crippen molar-refractivity contribution in [2.75, 3.05) is 5.73 Å². The van der Waals surface area contributed by atoms with Crippen molar-refractivity contribution in [1.29, 1.82) is 0 Å². The van der Waals surface area contributed by atoms with Crippen LogP contribution >= 0.6 is 11.3 Å². The van der Waals surface area contributed by atoms with E-state index in [0.29, 0.717) is 27.0 Å². The summed E-state index contributed by atoms with van der Waals surface area (Å²) in [6, 6.07) is 20.0. The summed E-state index contributed by atoms with van der Waals surface area (Å²) in [5.41, 5.74) is 7.75. The van der Waals surface area contributed by atoms with Crippen molar-refractivity contribution < 1.29 is 32.3 Å². The molecule has 0 atom stereocenters. The molecule has 3 heterocycles. The Hall–Kier alpha value is -4.77. The maximum absolute atomic E-state index is 13.3. The standard InChI is InChI=1S/C28H17F3N4O3S/c1-35-23(27(37)38-34-35)24(36)25-22(32)21-19(15-9-11-16(12-10-15)28(29,30)31)13-20(33-26(21)39-25)18-8-4-6-14-5-2-3-7-17(14)18/h2-13H,1H3,(H2-,32,34,36,37). The molecule has 0 aliphatic carbocycles. The fourth-order valence-corrected chi connectivity index (χ4v) is 5.67. The zero-order chi connectivity index (χ0) is 27.5. The van der Waals surface area contributed by atoms with Gasteiger partial charge in [0, 0.05) is 10.9 Å². The second kappa shape index (κ2) is 8.91. The normalized spacial score (nSPS) is 11.9. The van der Waals surface area contributed by atoms with Gasteiger partial charge in [-0.15, -0.1) is 11.3 Å². The largest absolute Gasteiger partial charge is 0.539 e. The highest BCUT2D eigenvalue weighted by Crippen LogP contribution is 2.43. The highest BCUT2D eigenvalue weighted by molar-refractivity contribution is 7.21.